The van der Waals surface area contributed by atoms with Crippen LogP contribution < -0.4 is 10.6 Å². The fourth-order valence-corrected chi connectivity index (χ4v) is 2.99. The molecule has 6 heteroatoms. The van der Waals surface area contributed by atoms with Crippen LogP contribution in [0.3, 0.4) is 0 Å². The first kappa shape index (κ1) is 11.5. The van der Waals surface area contributed by atoms with E-state index in [1.54, 1.807) is 18.2 Å². The van der Waals surface area contributed by atoms with Gasteiger partial charge in [0.2, 0.25) is 9.84 Å². The van der Waals surface area contributed by atoms with Crippen molar-refractivity contribution in [2.45, 2.75) is 10.0 Å². The van der Waals surface area contributed by atoms with E-state index in [4.69, 9.17) is 0 Å². The van der Waals surface area contributed by atoms with Crippen molar-refractivity contribution >= 4 is 9.84 Å². The third kappa shape index (κ3) is 1.83. The van der Waals surface area contributed by atoms with Crippen LogP contribution in [0.2, 0.25) is 0 Å². The summed E-state index contributed by atoms with van der Waals surface area (Å²) in [5, 5.41) is 3.76. The summed E-state index contributed by atoms with van der Waals surface area (Å²) in [5.41, 5.74) is 0. The van der Waals surface area contributed by atoms with Crippen molar-refractivity contribution in [3.05, 3.63) is 30.3 Å². The number of nitrogens with zero attached hydrogens (tertiary/aromatic N) is 1. The SMILES string of the molecule is O=S(=O)(c1ccccc1)C1(F)CNCC[N]1. The molecule has 1 radical (unpaired) electrons. The Hall–Kier alpha value is -0.980. The zero-order valence-corrected chi connectivity index (χ0v) is 9.37. The van der Waals surface area contributed by atoms with Crippen LogP contribution in [-0.2, 0) is 9.84 Å². The number of hydrogen-bond acceptors (Lipinski definition) is 3. The van der Waals surface area contributed by atoms with Crippen LogP contribution in [0.1, 0.15) is 0 Å². The minimum atomic E-state index is -4.06. The van der Waals surface area contributed by atoms with E-state index in [1.165, 1.54) is 12.1 Å². The minimum absolute atomic E-state index is 0.0371. The van der Waals surface area contributed by atoms with E-state index in [9.17, 15) is 12.8 Å². The number of piperazine rings is 1. The Labute approximate surface area is 93.8 Å². The molecular weight excluding hydrogens is 231 g/mol. The monoisotopic (exact) mass is 243 g/mol. The largest absolute Gasteiger partial charge is 0.310 e. The average molecular weight is 243 g/mol. The molecule has 1 N–H and O–H groups in total. The van der Waals surface area contributed by atoms with Crippen molar-refractivity contribution in [3.63, 3.8) is 0 Å². The highest BCUT2D eigenvalue weighted by atomic mass is 32.2. The highest BCUT2D eigenvalue weighted by Gasteiger charge is 2.47. The number of halogens is 1. The molecule has 1 unspecified atom stereocenters. The fourth-order valence-electron chi connectivity index (χ4n) is 1.56. The second kappa shape index (κ2) is 4.12. The maximum atomic E-state index is 14.2. The first-order valence-electron chi connectivity index (χ1n) is 4.94. The lowest BCUT2D eigenvalue weighted by Gasteiger charge is -2.29. The molecule has 1 aliphatic heterocycles. The Morgan fingerprint density at radius 1 is 1.31 bits per heavy atom. The molecule has 1 aliphatic rings. The van der Waals surface area contributed by atoms with Gasteiger partial charge >= 0.3 is 0 Å². The fraction of sp³-hybridized carbons (Fsp3) is 0.400. The van der Waals surface area contributed by atoms with Gasteiger partial charge in [-0.15, -0.1) is 0 Å². The number of alkyl halides is 1. The minimum Gasteiger partial charge on any atom is -0.310 e. The van der Waals surface area contributed by atoms with Gasteiger partial charge in [-0.25, -0.2) is 12.8 Å². The first-order chi connectivity index (χ1) is 7.56. The third-order valence-electron chi connectivity index (χ3n) is 2.44. The highest BCUT2D eigenvalue weighted by molar-refractivity contribution is 7.92. The molecule has 0 aliphatic carbocycles. The molecule has 1 saturated heterocycles. The summed E-state index contributed by atoms with van der Waals surface area (Å²) in [4.78, 5) is -0.0371. The van der Waals surface area contributed by atoms with E-state index in [0.717, 1.165) is 0 Å². The lowest BCUT2D eigenvalue weighted by Crippen LogP contribution is -2.56. The van der Waals surface area contributed by atoms with E-state index in [-0.39, 0.29) is 18.0 Å². The molecular formula is C10H12FN2O2S. The molecule has 1 heterocycles. The summed E-state index contributed by atoms with van der Waals surface area (Å²) in [6.07, 6.45) is 0. The van der Waals surface area contributed by atoms with Gasteiger partial charge in [0.05, 0.1) is 11.4 Å². The van der Waals surface area contributed by atoms with E-state index >= 15 is 0 Å². The molecule has 0 aromatic heterocycles. The second-order valence-corrected chi connectivity index (χ2v) is 5.67. The molecule has 0 saturated carbocycles. The number of sulfone groups is 1. The van der Waals surface area contributed by atoms with Gasteiger partial charge in [0.1, 0.15) is 0 Å². The summed E-state index contributed by atoms with van der Waals surface area (Å²) in [7, 11) is -4.06. The lowest BCUT2D eigenvalue weighted by molar-refractivity contribution is 0.178. The van der Waals surface area contributed by atoms with Crippen LogP contribution in [0, 0.1) is 0 Å². The molecule has 2 rings (SSSR count). The van der Waals surface area contributed by atoms with Crippen molar-refractivity contribution in [2.24, 2.45) is 0 Å². The standard InChI is InChI=1S/C10H12FN2O2S/c11-10(8-12-6-7-13-10)16(14,15)9-4-2-1-3-5-9/h1-5,12H,6-8H2. The quantitative estimate of drug-likeness (QED) is 0.760. The average Bonchev–Trinajstić information content (AvgIpc) is 2.31. The van der Waals surface area contributed by atoms with Crippen LogP contribution in [0.15, 0.2) is 35.2 Å². The number of benzene rings is 1. The predicted octanol–water partition coefficient (Wildman–Crippen LogP) is 0.291. The third-order valence-corrected chi connectivity index (χ3v) is 4.43. The molecule has 1 aromatic carbocycles. The summed E-state index contributed by atoms with van der Waals surface area (Å²) in [6, 6.07) is 7.56. The second-order valence-electron chi connectivity index (χ2n) is 3.56. The molecule has 87 valence electrons. The van der Waals surface area contributed by atoms with Crippen LogP contribution in [-0.4, -0.2) is 33.2 Å². The normalized spacial score (nSPS) is 26.6. The summed E-state index contributed by atoms with van der Waals surface area (Å²) in [5.74, 6) is 0. The van der Waals surface area contributed by atoms with Gasteiger partial charge in [-0.05, 0) is 12.1 Å². The van der Waals surface area contributed by atoms with Crippen molar-refractivity contribution in [2.75, 3.05) is 19.6 Å². The Morgan fingerprint density at radius 3 is 2.56 bits per heavy atom. The zero-order valence-electron chi connectivity index (χ0n) is 8.56. The predicted molar refractivity (Wildman–Crippen MR) is 57.3 cm³/mol. The van der Waals surface area contributed by atoms with Crippen molar-refractivity contribution in [1.82, 2.24) is 10.6 Å². The molecule has 0 amide bonds. The summed E-state index contributed by atoms with van der Waals surface area (Å²) >= 11 is 0. The van der Waals surface area contributed by atoms with Crippen molar-refractivity contribution < 1.29 is 12.8 Å². The van der Waals surface area contributed by atoms with Crippen molar-refractivity contribution in [3.8, 4) is 0 Å². The van der Waals surface area contributed by atoms with E-state index in [1.807, 2.05) is 0 Å². The molecule has 0 bridgehead atoms. The molecule has 0 spiro atoms. The zero-order chi connectivity index (χ0) is 11.6. The Bertz CT molecular complexity index is 455. The maximum Gasteiger partial charge on any atom is 0.294 e. The summed E-state index contributed by atoms with van der Waals surface area (Å²) in [6.45, 7) is 0.392. The Balaban J connectivity index is 2.39. The lowest BCUT2D eigenvalue weighted by atomic mass is 10.4. The Kier molecular flexibility index (Phi) is 2.96. The van der Waals surface area contributed by atoms with Crippen LogP contribution in [0.5, 0.6) is 0 Å². The molecule has 16 heavy (non-hydrogen) atoms. The van der Waals surface area contributed by atoms with Crippen LogP contribution >= 0.6 is 0 Å². The molecule has 1 aromatic rings. The van der Waals surface area contributed by atoms with E-state index in [2.05, 4.69) is 10.6 Å². The van der Waals surface area contributed by atoms with Gasteiger partial charge in [-0.3, -0.25) is 0 Å². The first-order valence-corrected chi connectivity index (χ1v) is 6.42. The van der Waals surface area contributed by atoms with Crippen LogP contribution in [0.4, 0.5) is 4.39 Å². The smallest absolute Gasteiger partial charge is 0.294 e. The van der Waals surface area contributed by atoms with Gasteiger partial charge in [-0.2, -0.15) is 5.32 Å². The van der Waals surface area contributed by atoms with Gasteiger partial charge in [0.25, 0.3) is 5.12 Å². The van der Waals surface area contributed by atoms with Crippen LogP contribution in [0.25, 0.3) is 0 Å². The van der Waals surface area contributed by atoms with E-state index in [0.29, 0.717) is 6.54 Å². The Morgan fingerprint density at radius 2 is 2.00 bits per heavy atom. The van der Waals surface area contributed by atoms with Gasteiger partial charge in [0.15, 0.2) is 0 Å². The number of nitrogens with one attached hydrogen (secondary N) is 1. The number of rotatable bonds is 2. The van der Waals surface area contributed by atoms with E-state index < -0.39 is 15.0 Å². The summed E-state index contributed by atoms with van der Waals surface area (Å²) < 4.78 is 38.2. The maximum absolute atomic E-state index is 14.2. The van der Waals surface area contributed by atoms with Gasteiger partial charge in [-0.1, -0.05) is 18.2 Å². The molecule has 4 nitrogen and oxygen atoms in total. The number of hydrogen-bond donors (Lipinski definition) is 1. The highest BCUT2D eigenvalue weighted by Crippen LogP contribution is 2.26. The van der Waals surface area contributed by atoms with Crippen molar-refractivity contribution in [1.29, 1.82) is 0 Å². The molecule has 1 atom stereocenters. The van der Waals surface area contributed by atoms with Gasteiger partial charge in [0, 0.05) is 13.1 Å². The topological polar surface area (TPSA) is 60.3 Å². The molecule has 1 fully saturated rings. The van der Waals surface area contributed by atoms with Gasteiger partial charge < -0.3 is 5.32 Å².